The first kappa shape index (κ1) is 24.4. The van der Waals surface area contributed by atoms with Gasteiger partial charge in [0.15, 0.2) is 5.82 Å². The van der Waals surface area contributed by atoms with Crippen LogP contribution in [0.4, 0.5) is 5.82 Å². The Morgan fingerprint density at radius 3 is 2.66 bits per heavy atom. The molecule has 0 radical (unpaired) electrons. The van der Waals surface area contributed by atoms with Gasteiger partial charge in [-0.25, -0.2) is 14.6 Å². The Morgan fingerprint density at radius 2 is 1.91 bits per heavy atom. The molecule has 0 bridgehead atoms. The Balaban J connectivity index is 1.44. The average molecular weight is 501 g/mol. The van der Waals surface area contributed by atoms with Crippen LogP contribution >= 0.6 is 11.6 Å². The van der Waals surface area contributed by atoms with Gasteiger partial charge in [0.25, 0.3) is 0 Å². The van der Waals surface area contributed by atoms with Crippen LogP contribution in [0.5, 0.6) is 0 Å². The second kappa shape index (κ2) is 10.4. The number of benzene rings is 1. The van der Waals surface area contributed by atoms with Crippen molar-refractivity contribution in [3.8, 4) is 5.82 Å². The van der Waals surface area contributed by atoms with Crippen molar-refractivity contribution in [1.82, 2.24) is 24.6 Å². The number of nitrogens with zero attached hydrogens (tertiary/aromatic N) is 6. The molecule has 2 aliphatic rings. The standard InChI is InChI=1S/C25H33ClN6O3/c1-16(34)13-30-5-3-18(4-6-30)21-10-23-19(9-22(21)26)12-27-32(23)25-11-24(28-17(2)29-25)31-7-8-35-20(14-31)15-33/h9-12,16,18,20,33-34H,3-8,13-15H2,1-2H3/t16?,20-/m0/s1. The van der Waals surface area contributed by atoms with Crippen LogP contribution in [0, 0.1) is 6.92 Å². The predicted octanol–water partition coefficient (Wildman–Crippen LogP) is 2.54. The highest BCUT2D eigenvalue weighted by Gasteiger charge is 2.25. The molecule has 3 aromatic rings. The molecule has 2 fully saturated rings. The maximum Gasteiger partial charge on any atom is 0.159 e. The molecule has 1 unspecified atom stereocenters. The highest BCUT2D eigenvalue weighted by molar-refractivity contribution is 6.32. The smallest absolute Gasteiger partial charge is 0.159 e. The number of aromatic nitrogens is 4. The fourth-order valence-electron chi connectivity index (χ4n) is 5.20. The van der Waals surface area contributed by atoms with E-state index in [0.717, 1.165) is 53.2 Å². The van der Waals surface area contributed by atoms with Crippen molar-refractivity contribution < 1.29 is 14.9 Å². The fourth-order valence-corrected chi connectivity index (χ4v) is 5.53. The maximum atomic E-state index is 9.71. The molecule has 2 aliphatic heterocycles. The molecule has 10 heteroatoms. The lowest BCUT2D eigenvalue weighted by Gasteiger charge is -2.33. The summed E-state index contributed by atoms with van der Waals surface area (Å²) >= 11 is 6.74. The van der Waals surface area contributed by atoms with E-state index < -0.39 is 0 Å². The number of piperidine rings is 1. The molecular weight excluding hydrogens is 468 g/mol. The number of morpholine rings is 1. The van der Waals surface area contributed by atoms with E-state index in [0.29, 0.717) is 43.8 Å². The summed E-state index contributed by atoms with van der Waals surface area (Å²) in [6, 6.07) is 6.11. The van der Waals surface area contributed by atoms with Crippen molar-refractivity contribution in [2.45, 2.75) is 44.8 Å². The molecule has 0 spiro atoms. The number of aliphatic hydroxyl groups is 2. The normalized spacial score (nSPS) is 21.1. The van der Waals surface area contributed by atoms with Crippen LogP contribution in [0.2, 0.25) is 5.02 Å². The Labute approximate surface area is 210 Å². The van der Waals surface area contributed by atoms with Gasteiger partial charge in [0, 0.05) is 36.1 Å². The number of halogens is 1. The van der Waals surface area contributed by atoms with E-state index in [4.69, 9.17) is 16.3 Å². The average Bonchev–Trinajstić information content (AvgIpc) is 3.26. The van der Waals surface area contributed by atoms with Crippen molar-refractivity contribution in [2.24, 2.45) is 0 Å². The molecule has 0 amide bonds. The van der Waals surface area contributed by atoms with Gasteiger partial charge in [-0.3, -0.25) is 0 Å². The van der Waals surface area contributed by atoms with Gasteiger partial charge in [-0.2, -0.15) is 5.10 Å². The van der Waals surface area contributed by atoms with Gasteiger partial charge >= 0.3 is 0 Å². The zero-order chi connectivity index (χ0) is 24.5. The SMILES string of the molecule is Cc1nc(N2CCO[C@H](CO)C2)cc(-n2ncc3cc(Cl)c(C4CCN(CC(C)O)CC4)cc32)n1. The van der Waals surface area contributed by atoms with E-state index in [9.17, 15) is 10.2 Å². The molecule has 2 saturated heterocycles. The van der Waals surface area contributed by atoms with Crippen molar-refractivity contribution in [3.05, 3.63) is 40.8 Å². The molecule has 35 heavy (non-hydrogen) atoms. The molecule has 5 rings (SSSR count). The number of β-amino-alcohol motifs (C(OH)–C–C–N with tert-alkyl or cyclic N) is 1. The summed E-state index contributed by atoms with van der Waals surface area (Å²) in [6.45, 7) is 8.15. The van der Waals surface area contributed by atoms with Crippen molar-refractivity contribution in [2.75, 3.05) is 50.8 Å². The lowest BCUT2D eigenvalue weighted by molar-refractivity contribution is 0.00335. The summed E-state index contributed by atoms with van der Waals surface area (Å²) in [6.07, 6.45) is 3.31. The highest BCUT2D eigenvalue weighted by atomic mass is 35.5. The molecule has 4 heterocycles. The third-order valence-electron chi connectivity index (χ3n) is 6.93. The summed E-state index contributed by atoms with van der Waals surface area (Å²) in [5.74, 6) is 2.53. The van der Waals surface area contributed by atoms with Gasteiger partial charge in [0.2, 0.25) is 0 Å². The van der Waals surface area contributed by atoms with Crippen molar-refractivity contribution in [3.63, 3.8) is 0 Å². The van der Waals surface area contributed by atoms with E-state index in [-0.39, 0.29) is 18.8 Å². The van der Waals surface area contributed by atoms with Crippen LogP contribution in [0.1, 0.15) is 37.1 Å². The largest absolute Gasteiger partial charge is 0.394 e. The predicted molar refractivity (Wildman–Crippen MR) is 136 cm³/mol. The maximum absolute atomic E-state index is 9.71. The van der Waals surface area contributed by atoms with Crippen LogP contribution in [0.25, 0.3) is 16.7 Å². The minimum atomic E-state index is -0.311. The molecule has 188 valence electrons. The third kappa shape index (κ3) is 5.29. The van der Waals surface area contributed by atoms with E-state index in [1.165, 1.54) is 0 Å². The number of ether oxygens (including phenoxy) is 1. The molecule has 0 aliphatic carbocycles. The first-order chi connectivity index (χ1) is 16.9. The van der Waals surface area contributed by atoms with Crippen molar-refractivity contribution in [1.29, 1.82) is 0 Å². The second-order valence-electron chi connectivity index (χ2n) is 9.67. The quantitative estimate of drug-likeness (QED) is 0.532. The Morgan fingerprint density at radius 1 is 1.14 bits per heavy atom. The molecule has 2 aromatic heterocycles. The highest BCUT2D eigenvalue weighted by Crippen LogP contribution is 2.36. The number of rotatable bonds is 6. The van der Waals surface area contributed by atoms with Gasteiger partial charge in [0.05, 0.1) is 37.1 Å². The third-order valence-corrected chi connectivity index (χ3v) is 7.26. The second-order valence-corrected chi connectivity index (χ2v) is 10.1. The lowest BCUT2D eigenvalue weighted by atomic mass is 9.89. The number of aliphatic hydroxyl groups excluding tert-OH is 2. The molecular formula is C25H33ClN6O3. The van der Waals surface area contributed by atoms with Crippen LogP contribution in [0.3, 0.4) is 0 Å². The summed E-state index contributed by atoms with van der Waals surface area (Å²) in [7, 11) is 0. The Hall–Kier alpha value is -2.30. The molecule has 0 saturated carbocycles. The first-order valence-electron chi connectivity index (χ1n) is 12.3. The minimum Gasteiger partial charge on any atom is -0.394 e. The number of aryl methyl sites for hydroxylation is 1. The van der Waals surface area contributed by atoms with Gasteiger partial charge in [-0.05, 0) is 63.4 Å². The van der Waals surface area contributed by atoms with Gasteiger partial charge in [0.1, 0.15) is 11.6 Å². The number of hydrogen-bond acceptors (Lipinski definition) is 8. The Kier molecular flexibility index (Phi) is 7.22. The van der Waals surface area contributed by atoms with E-state index in [2.05, 4.69) is 30.9 Å². The van der Waals surface area contributed by atoms with E-state index in [1.54, 1.807) is 0 Å². The minimum absolute atomic E-state index is 0.0152. The summed E-state index contributed by atoms with van der Waals surface area (Å²) in [5.41, 5.74) is 2.11. The summed E-state index contributed by atoms with van der Waals surface area (Å²) < 4.78 is 7.46. The van der Waals surface area contributed by atoms with Crippen LogP contribution in [-0.2, 0) is 4.74 Å². The summed E-state index contributed by atoms with van der Waals surface area (Å²) in [5, 5.41) is 25.6. The van der Waals surface area contributed by atoms with E-state index in [1.807, 2.05) is 36.9 Å². The van der Waals surface area contributed by atoms with Gasteiger partial charge < -0.3 is 24.7 Å². The number of anilines is 1. The van der Waals surface area contributed by atoms with Crippen LogP contribution in [0.15, 0.2) is 24.4 Å². The Bertz CT molecular complexity index is 1180. The fraction of sp³-hybridized carbons (Fsp3) is 0.560. The van der Waals surface area contributed by atoms with Crippen molar-refractivity contribution >= 4 is 28.3 Å². The zero-order valence-electron chi connectivity index (χ0n) is 20.3. The van der Waals surface area contributed by atoms with Crippen LogP contribution < -0.4 is 4.90 Å². The molecule has 2 atom stereocenters. The van der Waals surface area contributed by atoms with Crippen LogP contribution in [-0.4, -0.2) is 93.0 Å². The lowest BCUT2D eigenvalue weighted by Crippen LogP contribution is -2.44. The summed E-state index contributed by atoms with van der Waals surface area (Å²) in [4.78, 5) is 13.8. The topological polar surface area (TPSA) is 99.8 Å². The first-order valence-corrected chi connectivity index (χ1v) is 12.7. The number of hydrogen-bond donors (Lipinski definition) is 2. The number of likely N-dealkylation sites (tertiary alicyclic amines) is 1. The molecule has 2 N–H and O–H groups in total. The van der Waals surface area contributed by atoms with Gasteiger partial charge in [-0.1, -0.05) is 11.6 Å². The zero-order valence-corrected chi connectivity index (χ0v) is 21.0. The van der Waals surface area contributed by atoms with E-state index >= 15 is 0 Å². The number of fused-ring (bicyclic) bond motifs is 1. The molecule has 9 nitrogen and oxygen atoms in total. The molecule has 1 aromatic carbocycles. The van der Waals surface area contributed by atoms with Gasteiger partial charge in [-0.15, -0.1) is 0 Å². The monoisotopic (exact) mass is 500 g/mol.